The van der Waals surface area contributed by atoms with Crippen LogP contribution in [0.1, 0.15) is 18.0 Å². The number of benzene rings is 1. The van der Waals surface area contributed by atoms with Gasteiger partial charge in [0, 0.05) is 0 Å². The Balaban J connectivity index is 2.56. The van der Waals surface area contributed by atoms with Crippen LogP contribution < -0.4 is 5.73 Å². The maximum absolute atomic E-state index is 11.1. The van der Waals surface area contributed by atoms with Gasteiger partial charge in [0.25, 0.3) is 0 Å². The summed E-state index contributed by atoms with van der Waals surface area (Å²) >= 11 is 0.430. The second-order valence-corrected chi connectivity index (χ2v) is 3.65. The van der Waals surface area contributed by atoms with Crippen molar-refractivity contribution in [3.63, 3.8) is 0 Å². The van der Waals surface area contributed by atoms with Gasteiger partial charge in [0.15, 0.2) is 0 Å². The van der Waals surface area contributed by atoms with Gasteiger partial charge >= 0.3 is 101 Å². The van der Waals surface area contributed by atoms with Gasteiger partial charge in [0.1, 0.15) is 0 Å². The van der Waals surface area contributed by atoms with Gasteiger partial charge in [0.2, 0.25) is 0 Å². The second-order valence-electron chi connectivity index (χ2n) is 2.80. The Labute approximate surface area is 101 Å². The third-order valence-corrected chi connectivity index (χ3v) is 2.20. The van der Waals surface area contributed by atoms with Gasteiger partial charge < -0.3 is 0 Å². The maximum atomic E-state index is 11.1. The van der Waals surface area contributed by atoms with Crippen molar-refractivity contribution < 1.29 is 38.2 Å². The third kappa shape index (κ3) is 3.69. The molecule has 0 spiro atoms. The van der Waals surface area contributed by atoms with E-state index in [-0.39, 0.29) is 18.4 Å². The van der Waals surface area contributed by atoms with Crippen LogP contribution in [-0.4, -0.2) is 5.97 Å². The molecule has 3 nitrogen and oxygen atoms in total. The van der Waals surface area contributed by atoms with Crippen LogP contribution in [0, 0.1) is 31.7 Å². The molecular formula is C10H10NO2U. The molecule has 0 aromatic heterocycles. The van der Waals surface area contributed by atoms with Crippen molar-refractivity contribution in [2.45, 2.75) is 12.5 Å². The summed E-state index contributed by atoms with van der Waals surface area (Å²) in [6.07, 6.45) is 0.198. The molecule has 1 atom stereocenters. The zero-order valence-electron chi connectivity index (χ0n) is 7.57. The molecule has 0 radical (unpaired) electrons. The molecule has 0 amide bonds. The van der Waals surface area contributed by atoms with Crippen molar-refractivity contribution in [2.75, 3.05) is 0 Å². The van der Waals surface area contributed by atoms with E-state index in [0.29, 0.717) is 28.7 Å². The summed E-state index contributed by atoms with van der Waals surface area (Å²) < 4.78 is 7.13. The number of esters is 1. The van der Waals surface area contributed by atoms with Gasteiger partial charge in [-0.3, -0.25) is 0 Å². The van der Waals surface area contributed by atoms with E-state index in [4.69, 9.17) is 5.73 Å². The van der Waals surface area contributed by atoms with Gasteiger partial charge in [-0.2, -0.15) is 0 Å². The Bertz CT molecular complexity index is 345. The SMILES string of the molecule is NC(CC(=O)O[C]#[U])c1ccccc1. The van der Waals surface area contributed by atoms with Crippen molar-refractivity contribution in [3.05, 3.63) is 35.9 Å². The summed E-state index contributed by atoms with van der Waals surface area (Å²) in [7, 11) is 0. The Hall–Kier alpha value is -0.518. The number of hydrogen-bond acceptors (Lipinski definition) is 3. The minimum absolute atomic E-state index is 0.198. The second kappa shape index (κ2) is 6.06. The number of hydrogen-bond donors (Lipinski definition) is 1. The minimum atomic E-state index is -0.315. The number of nitrogens with two attached hydrogens (primary N) is 1. The Morgan fingerprint density at radius 2 is 2.14 bits per heavy atom. The predicted molar refractivity (Wildman–Crippen MR) is 48.0 cm³/mol. The number of carbonyl (C=O) groups is 1. The van der Waals surface area contributed by atoms with E-state index in [0.717, 1.165) is 5.56 Å². The van der Waals surface area contributed by atoms with Crippen LogP contribution in [-0.2, 0) is 9.53 Å². The summed E-state index contributed by atoms with van der Waals surface area (Å²) in [6, 6.07) is 9.21. The van der Waals surface area contributed by atoms with Gasteiger partial charge in [-0.15, -0.1) is 0 Å². The topological polar surface area (TPSA) is 52.3 Å². The van der Waals surface area contributed by atoms with Gasteiger partial charge in [-0.25, -0.2) is 0 Å². The van der Waals surface area contributed by atoms with E-state index < -0.39 is 0 Å². The van der Waals surface area contributed by atoms with Gasteiger partial charge in [0.05, 0.1) is 0 Å². The molecule has 0 aliphatic carbocycles. The van der Waals surface area contributed by atoms with Crippen LogP contribution in [0.25, 0.3) is 0 Å². The monoisotopic (exact) mass is 414 g/mol. The number of carbonyl (C=O) groups excluding carboxylic acids is 1. The molecule has 0 heterocycles. The summed E-state index contributed by atoms with van der Waals surface area (Å²) in [5.41, 5.74) is 6.76. The fraction of sp³-hybridized carbons (Fsp3) is 0.200. The van der Waals surface area contributed by atoms with Crippen molar-refractivity contribution in [2.24, 2.45) is 5.73 Å². The molecule has 1 rings (SSSR count). The fourth-order valence-electron chi connectivity index (χ4n) is 1.10. The normalized spacial score (nSPS) is 11.6. The van der Waals surface area contributed by atoms with Crippen LogP contribution >= 0.6 is 0 Å². The summed E-state index contributed by atoms with van der Waals surface area (Å²) in [4.78, 5) is 11.1. The Kier molecular flexibility index (Phi) is 5.00. The van der Waals surface area contributed by atoms with E-state index >= 15 is 0 Å². The first kappa shape index (κ1) is 11.6. The Morgan fingerprint density at radius 3 is 2.71 bits per heavy atom. The van der Waals surface area contributed by atoms with Crippen LogP contribution in [0.2, 0.25) is 0 Å². The molecule has 2 N–H and O–H groups in total. The molecule has 14 heavy (non-hydrogen) atoms. The molecule has 4 heteroatoms. The Morgan fingerprint density at radius 1 is 1.50 bits per heavy atom. The third-order valence-electron chi connectivity index (χ3n) is 1.78. The average molecular weight is 414 g/mol. The molecule has 0 bridgehead atoms. The first-order chi connectivity index (χ1) is 6.74. The molecular weight excluding hydrogens is 404 g/mol. The van der Waals surface area contributed by atoms with Crippen LogP contribution in [0.3, 0.4) is 0 Å². The summed E-state index contributed by atoms with van der Waals surface area (Å²) in [6.45, 7) is 0. The molecule has 0 saturated heterocycles. The number of rotatable bonds is 3. The fourth-order valence-corrected chi connectivity index (χ4v) is 1.57. The van der Waals surface area contributed by atoms with E-state index in [9.17, 15) is 4.79 Å². The molecule has 71 valence electrons. The first-order valence-corrected chi connectivity index (χ1v) is 6.24. The van der Waals surface area contributed by atoms with E-state index in [2.05, 4.69) is 7.74 Å². The van der Waals surface area contributed by atoms with Crippen LogP contribution in [0.5, 0.6) is 0 Å². The molecule has 1 aromatic rings. The quantitative estimate of drug-likeness (QED) is 0.754. The van der Waals surface area contributed by atoms with E-state index in [1.54, 1.807) is 0 Å². The van der Waals surface area contributed by atoms with E-state index in [1.807, 2.05) is 30.3 Å². The molecule has 0 aliphatic rings. The van der Waals surface area contributed by atoms with Crippen LogP contribution in [0.15, 0.2) is 30.3 Å². The van der Waals surface area contributed by atoms with Crippen molar-refractivity contribution in [1.29, 1.82) is 0 Å². The standard InChI is InChI=1S/C10H10NO2.U/c1-13-10(12)7-9(11)8-5-3-2-4-6-8;/h2-6,9H,7,11H2;. The van der Waals surface area contributed by atoms with Crippen molar-refractivity contribution in [3.8, 4) is 3.00 Å². The van der Waals surface area contributed by atoms with Gasteiger partial charge in [-0.1, -0.05) is 0 Å². The first-order valence-electron chi connectivity index (χ1n) is 4.16. The van der Waals surface area contributed by atoms with E-state index in [1.165, 1.54) is 0 Å². The van der Waals surface area contributed by atoms with Crippen LogP contribution in [0.4, 0.5) is 0 Å². The summed E-state index contributed by atoms with van der Waals surface area (Å²) in [5.74, 6) is -0.315. The predicted octanol–water partition coefficient (Wildman–Crippen LogP) is 1.09. The van der Waals surface area contributed by atoms with Gasteiger partial charge in [-0.05, 0) is 0 Å². The number of ether oxygens (including phenoxy) is 1. The van der Waals surface area contributed by atoms with Crippen molar-refractivity contribution >= 4 is 5.97 Å². The summed E-state index contributed by atoms with van der Waals surface area (Å²) in [5, 5.41) is 0. The average Bonchev–Trinajstić information content (AvgIpc) is 2.19. The molecule has 1 aromatic carbocycles. The van der Waals surface area contributed by atoms with Crippen molar-refractivity contribution in [1.82, 2.24) is 0 Å². The zero-order valence-corrected chi connectivity index (χ0v) is 11.7. The molecule has 0 aliphatic heterocycles. The zero-order chi connectivity index (χ0) is 10.4. The molecule has 1 unspecified atom stereocenters. The molecule has 0 fully saturated rings. The molecule has 0 saturated carbocycles.